The lowest BCUT2D eigenvalue weighted by molar-refractivity contribution is -0.384. The van der Waals surface area contributed by atoms with Crippen LogP contribution in [0, 0.1) is 10.1 Å². The van der Waals surface area contributed by atoms with Crippen LogP contribution in [-0.2, 0) is 21.2 Å². The Labute approximate surface area is 115 Å². The number of sulfonamides is 1. The molecule has 8 nitrogen and oxygen atoms in total. The Morgan fingerprint density at radius 2 is 1.95 bits per heavy atom. The maximum absolute atomic E-state index is 11.6. The van der Waals surface area contributed by atoms with Gasteiger partial charge >= 0.3 is 5.97 Å². The van der Waals surface area contributed by atoms with E-state index in [9.17, 15) is 23.3 Å². The fourth-order valence-corrected chi connectivity index (χ4v) is 2.68. The lowest BCUT2D eigenvalue weighted by Gasteiger charge is -2.09. The molecule has 0 aliphatic carbocycles. The van der Waals surface area contributed by atoms with Crippen LogP contribution in [0.15, 0.2) is 24.3 Å². The van der Waals surface area contributed by atoms with Crippen molar-refractivity contribution in [3.8, 4) is 0 Å². The van der Waals surface area contributed by atoms with Crippen LogP contribution in [0.25, 0.3) is 0 Å². The van der Waals surface area contributed by atoms with Crippen molar-refractivity contribution in [3.63, 3.8) is 0 Å². The molecule has 0 saturated carbocycles. The highest BCUT2D eigenvalue weighted by Gasteiger charge is 2.19. The number of carbonyl (C=O) groups is 1. The number of nitro groups is 1. The Balaban J connectivity index is 2.62. The molecule has 0 aliphatic heterocycles. The number of aryl methyl sites for hydroxylation is 1. The topological polar surface area (TPSA) is 127 Å². The lowest BCUT2D eigenvalue weighted by atomic mass is 10.1. The first-order valence-corrected chi connectivity index (χ1v) is 7.32. The monoisotopic (exact) mass is 302 g/mol. The van der Waals surface area contributed by atoms with Crippen LogP contribution in [0.5, 0.6) is 0 Å². The van der Waals surface area contributed by atoms with Gasteiger partial charge in [-0.05, 0) is 18.9 Å². The van der Waals surface area contributed by atoms with Crippen LogP contribution in [0.2, 0.25) is 0 Å². The quantitative estimate of drug-likeness (QED) is 0.558. The summed E-state index contributed by atoms with van der Waals surface area (Å²) in [5.41, 5.74) is 0.540. The number of hydrogen-bond acceptors (Lipinski definition) is 5. The van der Waals surface area contributed by atoms with Gasteiger partial charge in [-0.25, -0.2) is 13.1 Å². The van der Waals surface area contributed by atoms with Gasteiger partial charge in [0.05, 0.1) is 10.7 Å². The molecule has 1 atom stereocenters. The second-order valence-corrected chi connectivity index (χ2v) is 6.04. The lowest BCUT2D eigenvalue weighted by Crippen LogP contribution is -2.39. The van der Waals surface area contributed by atoms with E-state index in [-0.39, 0.29) is 17.9 Å². The van der Waals surface area contributed by atoms with Gasteiger partial charge in [0, 0.05) is 12.1 Å². The fraction of sp³-hybridized carbons (Fsp3) is 0.364. The van der Waals surface area contributed by atoms with Gasteiger partial charge in [0.25, 0.3) is 5.69 Å². The van der Waals surface area contributed by atoms with Gasteiger partial charge in [-0.15, -0.1) is 0 Å². The largest absolute Gasteiger partial charge is 0.480 e. The molecule has 0 radical (unpaired) electrons. The van der Waals surface area contributed by atoms with E-state index in [1.54, 1.807) is 0 Å². The van der Waals surface area contributed by atoms with Crippen molar-refractivity contribution in [1.82, 2.24) is 4.72 Å². The molecule has 0 amide bonds. The highest BCUT2D eigenvalue weighted by atomic mass is 32.2. The number of aliphatic carboxylic acids is 1. The molecule has 0 saturated heterocycles. The van der Waals surface area contributed by atoms with Crippen molar-refractivity contribution in [3.05, 3.63) is 39.9 Å². The van der Waals surface area contributed by atoms with E-state index >= 15 is 0 Å². The third-order valence-corrected chi connectivity index (χ3v) is 3.99. The van der Waals surface area contributed by atoms with Gasteiger partial charge in [-0.1, -0.05) is 12.1 Å². The van der Waals surface area contributed by atoms with Crippen molar-refractivity contribution in [2.24, 2.45) is 0 Å². The Kier molecular flexibility index (Phi) is 5.17. The molecule has 1 rings (SSSR count). The molecular formula is C11H14N2O6S. The van der Waals surface area contributed by atoms with Crippen LogP contribution in [0.4, 0.5) is 5.69 Å². The summed E-state index contributed by atoms with van der Waals surface area (Å²) in [6.45, 7) is 1.23. The second kappa shape index (κ2) is 6.44. The van der Waals surface area contributed by atoms with Crippen LogP contribution in [-0.4, -0.2) is 36.2 Å². The number of nitrogens with one attached hydrogen (secondary N) is 1. The van der Waals surface area contributed by atoms with Gasteiger partial charge in [-0.2, -0.15) is 0 Å². The molecule has 2 N–H and O–H groups in total. The molecule has 9 heteroatoms. The summed E-state index contributed by atoms with van der Waals surface area (Å²) in [5.74, 6) is -1.55. The van der Waals surface area contributed by atoms with Crippen molar-refractivity contribution >= 4 is 21.7 Å². The number of non-ortho nitro benzene ring substituents is 1. The van der Waals surface area contributed by atoms with Crippen LogP contribution in [0.3, 0.4) is 0 Å². The zero-order valence-corrected chi connectivity index (χ0v) is 11.5. The minimum Gasteiger partial charge on any atom is -0.480 e. The molecule has 0 aliphatic rings. The number of hydrogen-bond donors (Lipinski definition) is 2. The van der Waals surface area contributed by atoms with Gasteiger partial charge in [0.15, 0.2) is 0 Å². The Bertz CT molecular complexity index is 596. The number of carboxylic acid groups (broad SMARTS) is 1. The van der Waals surface area contributed by atoms with E-state index in [1.807, 2.05) is 4.72 Å². The molecule has 0 heterocycles. The molecule has 0 spiro atoms. The number of carboxylic acids is 1. The molecule has 1 aromatic rings. The Hall–Kier alpha value is -2.00. The minimum absolute atomic E-state index is 0.0748. The number of rotatable bonds is 7. The molecular weight excluding hydrogens is 288 g/mol. The highest BCUT2D eigenvalue weighted by molar-refractivity contribution is 7.89. The molecule has 20 heavy (non-hydrogen) atoms. The Morgan fingerprint density at radius 3 is 2.40 bits per heavy atom. The maximum Gasteiger partial charge on any atom is 0.321 e. The first-order valence-electron chi connectivity index (χ1n) is 5.67. The second-order valence-electron chi connectivity index (χ2n) is 4.17. The number of benzene rings is 1. The predicted molar refractivity (Wildman–Crippen MR) is 70.8 cm³/mol. The molecule has 1 unspecified atom stereocenters. The van der Waals surface area contributed by atoms with Crippen molar-refractivity contribution in [1.29, 1.82) is 0 Å². The van der Waals surface area contributed by atoms with E-state index in [1.165, 1.54) is 31.2 Å². The molecule has 0 aromatic heterocycles. The zero-order valence-electron chi connectivity index (χ0n) is 10.6. The zero-order chi connectivity index (χ0) is 15.3. The first kappa shape index (κ1) is 16.1. The van der Waals surface area contributed by atoms with Crippen LogP contribution in [0.1, 0.15) is 12.5 Å². The third-order valence-electron chi connectivity index (χ3n) is 2.53. The van der Waals surface area contributed by atoms with E-state index < -0.39 is 27.0 Å². The summed E-state index contributed by atoms with van der Waals surface area (Å²) in [7, 11) is -3.72. The highest BCUT2D eigenvalue weighted by Crippen LogP contribution is 2.12. The molecule has 0 bridgehead atoms. The van der Waals surface area contributed by atoms with Gasteiger partial charge in [0.2, 0.25) is 10.0 Å². The third kappa shape index (κ3) is 4.94. The SMILES string of the molecule is CC(NS(=O)(=O)CCc1ccc([N+](=O)[O-])cc1)C(=O)O. The van der Waals surface area contributed by atoms with E-state index in [2.05, 4.69) is 0 Å². The Morgan fingerprint density at radius 1 is 1.40 bits per heavy atom. The summed E-state index contributed by atoms with van der Waals surface area (Å²) in [6, 6.07) is 4.31. The smallest absolute Gasteiger partial charge is 0.321 e. The van der Waals surface area contributed by atoms with Gasteiger partial charge < -0.3 is 5.11 Å². The van der Waals surface area contributed by atoms with E-state index in [0.29, 0.717) is 5.56 Å². The maximum atomic E-state index is 11.6. The number of nitrogens with zero attached hydrogens (tertiary/aromatic N) is 1. The van der Waals surface area contributed by atoms with Crippen LogP contribution < -0.4 is 4.72 Å². The summed E-state index contributed by atoms with van der Waals surface area (Å²) in [4.78, 5) is 20.5. The summed E-state index contributed by atoms with van der Waals surface area (Å²) >= 11 is 0. The number of nitro benzene ring substituents is 1. The normalized spacial score (nSPS) is 12.8. The summed E-state index contributed by atoms with van der Waals surface area (Å²) in [5, 5.41) is 19.1. The van der Waals surface area contributed by atoms with E-state index in [4.69, 9.17) is 5.11 Å². The van der Waals surface area contributed by atoms with Gasteiger partial charge in [-0.3, -0.25) is 14.9 Å². The summed E-state index contributed by atoms with van der Waals surface area (Å²) in [6.07, 6.45) is 0.139. The van der Waals surface area contributed by atoms with Crippen molar-refractivity contribution < 1.29 is 23.2 Å². The minimum atomic E-state index is -3.72. The van der Waals surface area contributed by atoms with Crippen molar-refractivity contribution in [2.45, 2.75) is 19.4 Å². The van der Waals surface area contributed by atoms with E-state index in [0.717, 1.165) is 0 Å². The average molecular weight is 302 g/mol. The van der Waals surface area contributed by atoms with Gasteiger partial charge in [0.1, 0.15) is 6.04 Å². The van der Waals surface area contributed by atoms with Crippen molar-refractivity contribution in [2.75, 3.05) is 5.75 Å². The molecule has 110 valence electrons. The molecule has 0 fully saturated rings. The summed E-state index contributed by atoms with van der Waals surface area (Å²) < 4.78 is 25.2. The fourth-order valence-electron chi connectivity index (χ4n) is 1.42. The molecule has 1 aromatic carbocycles. The standard InChI is InChI=1S/C11H14N2O6S/c1-8(11(14)15)12-20(18,19)7-6-9-2-4-10(5-3-9)13(16)17/h2-5,8,12H,6-7H2,1H3,(H,14,15). The average Bonchev–Trinajstić information content (AvgIpc) is 2.36. The first-order chi connectivity index (χ1) is 9.21. The van der Waals surface area contributed by atoms with Crippen LogP contribution >= 0.6 is 0 Å². The predicted octanol–water partition coefficient (Wildman–Crippen LogP) is 0.530.